The van der Waals surface area contributed by atoms with Gasteiger partial charge >= 0.3 is 0 Å². The zero-order chi connectivity index (χ0) is 15.7. The first-order chi connectivity index (χ1) is 10.5. The molecule has 2 aliphatic heterocycles. The third kappa shape index (κ3) is 2.95. The number of carbonyl (C=O) groups excluding carboxylic acids is 1. The monoisotopic (exact) mass is 307 g/mol. The number of halogens is 1. The van der Waals surface area contributed by atoms with E-state index in [0.29, 0.717) is 25.3 Å². The summed E-state index contributed by atoms with van der Waals surface area (Å²) in [4.78, 5) is 14.6. The second kappa shape index (κ2) is 5.88. The smallest absolute Gasteiger partial charge is 0.229 e. The third-order valence-electron chi connectivity index (χ3n) is 4.75. The number of rotatable bonds is 2. The summed E-state index contributed by atoms with van der Waals surface area (Å²) < 4.78 is 19.0. The molecule has 2 aliphatic rings. The number of fused-ring (bicyclic) bond motifs is 1. The molecular weight excluding hydrogens is 285 g/mol. The summed E-state index contributed by atoms with van der Waals surface area (Å²) in [5.74, 6) is 0.148. The van der Waals surface area contributed by atoms with E-state index in [4.69, 9.17) is 4.74 Å². The maximum atomic E-state index is 13.3. The van der Waals surface area contributed by atoms with Crippen LogP contribution in [0.5, 0.6) is 5.75 Å². The number of hydrogen-bond acceptors (Lipinski definition) is 3. The molecule has 0 spiro atoms. The second-order valence-electron chi connectivity index (χ2n) is 6.80. The van der Waals surface area contributed by atoms with Gasteiger partial charge in [-0.1, -0.05) is 6.92 Å². The van der Waals surface area contributed by atoms with Crippen LogP contribution < -0.4 is 4.74 Å². The van der Waals surface area contributed by atoms with Gasteiger partial charge in [0.2, 0.25) is 5.91 Å². The van der Waals surface area contributed by atoms with Crippen molar-refractivity contribution in [1.29, 1.82) is 0 Å². The molecule has 5 heteroatoms. The van der Waals surface area contributed by atoms with Gasteiger partial charge in [-0.3, -0.25) is 4.79 Å². The van der Waals surface area contributed by atoms with Gasteiger partial charge in [0.1, 0.15) is 18.2 Å². The third-order valence-corrected chi connectivity index (χ3v) is 4.75. The summed E-state index contributed by atoms with van der Waals surface area (Å²) in [7, 11) is 0. The molecule has 120 valence electrons. The number of aliphatic hydroxyl groups is 1. The summed E-state index contributed by atoms with van der Waals surface area (Å²) in [6.07, 6.45) is 2.35. The summed E-state index contributed by atoms with van der Waals surface area (Å²) in [5.41, 5.74) is 0.541. The molecule has 0 saturated carbocycles. The van der Waals surface area contributed by atoms with E-state index in [9.17, 15) is 14.3 Å². The Kier molecular flexibility index (Phi) is 4.08. The molecule has 1 amide bonds. The minimum Gasteiger partial charge on any atom is -0.492 e. The van der Waals surface area contributed by atoms with Gasteiger partial charge in [-0.25, -0.2) is 4.39 Å². The van der Waals surface area contributed by atoms with E-state index in [-0.39, 0.29) is 29.7 Å². The number of amides is 1. The molecule has 0 aromatic heterocycles. The van der Waals surface area contributed by atoms with E-state index in [2.05, 4.69) is 0 Å². The minimum absolute atomic E-state index is 0.0503. The van der Waals surface area contributed by atoms with E-state index in [1.54, 1.807) is 6.07 Å². The molecule has 0 aliphatic carbocycles. The first-order valence-corrected chi connectivity index (χ1v) is 7.82. The van der Waals surface area contributed by atoms with Crippen molar-refractivity contribution in [2.45, 2.75) is 26.2 Å². The van der Waals surface area contributed by atoms with Gasteiger partial charge in [0.25, 0.3) is 0 Å². The maximum Gasteiger partial charge on any atom is 0.229 e. The van der Waals surface area contributed by atoms with Crippen LogP contribution in [0.1, 0.15) is 25.3 Å². The Bertz CT molecular complexity index is 577. The van der Waals surface area contributed by atoms with Crippen molar-refractivity contribution in [3.05, 3.63) is 29.6 Å². The predicted molar refractivity (Wildman–Crippen MR) is 80.1 cm³/mol. The van der Waals surface area contributed by atoms with Crippen LogP contribution in [-0.4, -0.2) is 42.2 Å². The van der Waals surface area contributed by atoms with E-state index in [1.165, 1.54) is 12.1 Å². The van der Waals surface area contributed by atoms with Crippen LogP contribution in [0, 0.1) is 17.2 Å². The maximum absolute atomic E-state index is 13.3. The number of aliphatic hydroxyl groups excluding tert-OH is 1. The highest BCUT2D eigenvalue weighted by molar-refractivity contribution is 5.80. The van der Waals surface area contributed by atoms with Gasteiger partial charge < -0.3 is 14.7 Å². The van der Waals surface area contributed by atoms with Crippen LogP contribution in [-0.2, 0) is 11.2 Å². The molecule has 1 saturated heterocycles. The van der Waals surface area contributed by atoms with Gasteiger partial charge in [-0.15, -0.1) is 0 Å². The Balaban J connectivity index is 1.71. The van der Waals surface area contributed by atoms with Gasteiger partial charge in [0.15, 0.2) is 0 Å². The number of ether oxygens (including phenoxy) is 1. The fourth-order valence-corrected chi connectivity index (χ4v) is 3.41. The normalized spacial score (nSPS) is 28.0. The first-order valence-electron chi connectivity index (χ1n) is 7.82. The summed E-state index contributed by atoms with van der Waals surface area (Å²) >= 11 is 0. The molecule has 1 N–H and O–H groups in total. The van der Waals surface area contributed by atoms with Crippen molar-refractivity contribution in [1.82, 2.24) is 4.90 Å². The van der Waals surface area contributed by atoms with Crippen LogP contribution in [0.3, 0.4) is 0 Å². The lowest BCUT2D eigenvalue weighted by Crippen LogP contribution is -2.50. The average molecular weight is 307 g/mol. The topological polar surface area (TPSA) is 49.8 Å². The van der Waals surface area contributed by atoms with E-state index in [0.717, 1.165) is 24.9 Å². The van der Waals surface area contributed by atoms with Crippen molar-refractivity contribution in [3.63, 3.8) is 0 Å². The number of nitrogens with zero attached hydrogens (tertiary/aromatic N) is 1. The van der Waals surface area contributed by atoms with E-state index < -0.39 is 0 Å². The Labute approximate surface area is 129 Å². The molecule has 1 aromatic rings. The molecule has 2 unspecified atom stereocenters. The molecule has 4 nitrogen and oxygen atoms in total. The number of carbonyl (C=O) groups is 1. The molecule has 0 bridgehead atoms. The Morgan fingerprint density at radius 2 is 2.36 bits per heavy atom. The lowest BCUT2D eigenvalue weighted by atomic mass is 9.82. The number of likely N-dealkylation sites (tertiary alicyclic amines) is 1. The van der Waals surface area contributed by atoms with Crippen molar-refractivity contribution in [2.75, 3.05) is 26.3 Å². The van der Waals surface area contributed by atoms with Crippen LogP contribution >= 0.6 is 0 Å². The Morgan fingerprint density at radius 1 is 1.55 bits per heavy atom. The molecule has 22 heavy (non-hydrogen) atoms. The number of hydrogen-bond donors (Lipinski definition) is 1. The highest BCUT2D eigenvalue weighted by Crippen LogP contribution is 2.32. The quantitative estimate of drug-likeness (QED) is 0.909. The summed E-state index contributed by atoms with van der Waals surface area (Å²) in [5, 5.41) is 9.52. The second-order valence-corrected chi connectivity index (χ2v) is 6.80. The largest absolute Gasteiger partial charge is 0.492 e. The van der Waals surface area contributed by atoms with Crippen molar-refractivity contribution in [3.8, 4) is 5.75 Å². The highest BCUT2D eigenvalue weighted by atomic mass is 19.1. The van der Waals surface area contributed by atoms with Crippen molar-refractivity contribution < 1.29 is 19.0 Å². The standard InChI is InChI=1S/C17H22FNO3/c1-17(11-20)5-2-6-19(10-17)16(21)13-7-12-8-14(18)3-4-15(12)22-9-13/h3-4,8,13,20H,2,5-7,9-11H2,1H3. The zero-order valence-corrected chi connectivity index (χ0v) is 12.8. The lowest BCUT2D eigenvalue weighted by Gasteiger charge is -2.41. The van der Waals surface area contributed by atoms with Gasteiger partial charge in [0.05, 0.1) is 12.5 Å². The fraction of sp³-hybridized carbons (Fsp3) is 0.588. The van der Waals surface area contributed by atoms with Crippen LogP contribution in [0.15, 0.2) is 18.2 Å². The van der Waals surface area contributed by atoms with Crippen molar-refractivity contribution >= 4 is 5.91 Å². The molecule has 3 rings (SSSR count). The van der Waals surface area contributed by atoms with Crippen LogP contribution in [0.25, 0.3) is 0 Å². The Morgan fingerprint density at radius 3 is 3.14 bits per heavy atom. The van der Waals surface area contributed by atoms with Gasteiger partial charge in [0, 0.05) is 18.5 Å². The Hall–Kier alpha value is -1.62. The average Bonchev–Trinajstić information content (AvgIpc) is 2.53. The van der Waals surface area contributed by atoms with E-state index in [1.807, 2.05) is 11.8 Å². The first kappa shape index (κ1) is 15.3. The molecule has 2 atom stereocenters. The number of benzene rings is 1. The van der Waals surface area contributed by atoms with Crippen LogP contribution in [0.4, 0.5) is 4.39 Å². The molecule has 1 fully saturated rings. The lowest BCUT2D eigenvalue weighted by molar-refractivity contribution is -0.141. The summed E-state index contributed by atoms with van der Waals surface area (Å²) in [6.45, 7) is 3.74. The van der Waals surface area contributed by atoms with Crippen molar-refractivity contribution in [2.24, 2.45) is 11.3 Å². The zero-order valence-electron chi connectivity index (χ0n) is 12.8. The SMILES string of the molecule is CC1(CO)CCCN(C(=O)C2COc3ccc(F)cc3C2)C1. The molecule has 2 heterocycles. The minimum atomic E-state index is -0.304. The fourth-order valence-electron chi connectivity index (χ4n) is 3.41. The molecule has 1 aromatic carbocycles. The molecular formula is C17H22FNO3. The highest BCUT2D eigenvalue weighted by Gasteiger charge is 2.36. The summed E-state index contributed by atoms with van der Waals surface area (Å²) in [6, 6.07) is 4.44. The van der Waals surface area contributed by atoms with Gasteiger partial charge in [-0.05, 0) is 43.0 Å². The van der Waals surface area contributed by atoms with Gasteiger partial charge in [-0.2, -0.15) is 0 Å². The molecule has 0 radical (unpaired) electrons. The van der Waals surface area contributed by atoms with Crippen LogP contribution in [0.2, 0.25) is 0 Å². The predicted octanol–water partition coefficient (Wildman–Crippen LogP) is 2.00. The van der Waals surface area contributed by atoms with E-state index >= 15 is 0 Å². The number of piperidine rings is 1.